The zero-order valence-corrected chi connectivity index (χ0v) is 13.5. The predicted molar refractivity (Wildman–Crippen MR) is 89.0 cm³/mol. The van der Waals surface area contributed by atoms with Crippen LogP contribution in [0.15, 0.2) is 53.3 Å². The molecule has 0 unspecified atom stereocenters. The fourth-order valence-corrected chi connectivity index (χ4v) is 2.68. The number of rotatable bonds is 4. The first-order valence-electron chi connectivity index (χ1n) is 7.65. The number of nitrogens with one attached hydrogen (secondary N) is 1. The van der Waals surface area contributed by atoms with Crippen molar-refractivity contribution >= 4 is 10.9 Å². The normalized spacial score (nSPS) is 12.0. The Morgan fingerprint density at radius 1 is 1.08 bits per heavy atom. The number of halogens is 3. The van der Waals surface area contributed by atoms with Gasteiger partial charge in [-0.2, -0.15) is 13.2 Å². The van der Waals surface area contributed by atoms with Gasteiger partial charge in [-0.15, -0.1) is 0 Å². The van der Waals surface area contributed by atoms with Gasteiger partial charge in [0.2, 0.25) is 0 Å². The molecule has 0 aliphatic rings. The van der Waals surface area contributed by atoms with Gasteiger partial charge < -0.3 is 4.98 Å². The third-order valence-corrected chi connectivity index (χ3v) is 3.79. The summed E-state index contributed by atoms with van der Waals surface area (Å²) >= 11 is 0. The molecule has 1 aromatic heterocycles. The molecule has 0 fully saturated rings. The molecular formula is C18H16F3N3O. The summed E-state index contributed by atoms with van der Waals surface area (Å²) in [7, 11) is 1.76. The van der Waals surface area contributed by atoms with Crippen molar-refractivity contribution in [2.45, 2.75) is 19.3 Å². The second kappa shape index (κ2) is 6.68. The van der Waals surface area contributed by atoms with Crippen molar-refractivity contribution in [2.24, 2.45) is 0 Å². The Labute approximate surface area is 141 Å². The number of para-hydroxylation sites is 1. The molecule has 130 valence electrons. The van der Waals surface area contributed by atoms with Crippen LogP contribution in [0.2, 0.25) is 0 Å². The molecule has 7 heteroatoms. The highest BCUT2D eigenvalue weighted by molar-refractivity contribution is 5.77. The topological polar surface area (TPSA) is 49.0 Å². The Morgan fingerprint density at radius 2 is 1.84 bits per heavy atom. The summed E-state index contributed by atoms with van der Waals surface area (Å²) < 4.78 is 38.3. The van der Waals surface area contributed by atoms with Crippen molar-refractivity contribution in [3.8, 4) is 0 Å². The highest BCUT2D eigenvalue weighted by Gasteiger charge is 2.30. The molecule has 0 amide bonds. The van der Waals surface area contributed by atoms with Crippen LogP contribution in [0.1, 0.15) is 17.0 Å². The second-order valence-corrected chi connectivity index (χ2v) is 5.90. The third-order valence-electron chi connectivity index (χ3n) is 3.79. The molecule has 1 heterocycles. The molecule has 3 aromatic rings. The van der Waals surface area contributed by atoms with Crippen LogP contribution in [0.4, 0.5) is 13.2 Å². The molecule has 0 aliphatic heterocycles. The Morgan fingerprint density at radius 3 is 2.60 bits per heavy atom. The lowest BCUT2D eigenvalue weighted by Crippen LogP contribution is -2.22. The average Bonchev–Trinajstić information content (AvgIpc) is 2.54. The number of aromatic amines is 1. The third kappa shape index (κ3) is 4.06. The number of aromatic nitrogens is 2. The minimum absolute atomic E-state index is 0.229. The lowest BCUT2D eigenvalue weighted by molar-refractivity contribution is -0.137. The van der Waals surface area contributed by atoms with Crippen LogP contribution in [0.25, 0.3) is 10.9 Å². The largest absolute Gasteiger partial charge is 0.416 e. The van der Waals surface area contributed by atoms with E-state index in [9.17, 15) is 18.0 Å². The lowest BCUT2D eigenvalue weighted by Gasteiger charge is -2.17. The Kier molecular flexibility index (Phi) is 4.59. The van der Waals surface area contributed by atoms with Crippen molar-refractivity contribution in [1.82, 2.24) is 14.9 Å². The van der Waals surface area contributed by atoms with E-state index in [1.807, 2.05) is 0 Å². The summed E-state index contributed by atoms with van der Waals surface area (Å²) in [5.41, 5.74) is 0.234. The van der Waals surface area contributed by atoms with Gasteiger partial charge in [0.25, 0.3) is 5.56 Å². The summed E-state index contributed by atoms with van der Waals surface area (Å²) in [6.45, 7) is 0.622. The summed E-state index contributed by atoms with van der Waals surface area (Å²) in [6.07, 6.45) is -4.36. The van der Waals surface area contributed by atoms with E-state index >= 15 is 0 Å². The minimum atomic E-state index is -4.36. The van der Waals surface area contributed by atoms with Gasteiger partial charge >= 0.3 is 6.18 Å². The van der Waals surface area contributed by atoms with E-state index in [0.717, 1.165) is 12.1 Å². The summed E-state index contributed by atoms with van der Waals surface area (Å²) in [5.74, 6) is 0.471. The van der Waals surface area contributed by atoms with Crippen LogP contribution < -0.4 is 5.56 Å². The van der Waals surface area contributed by atoms with E-state index in [4.69, 9.17) is 0 Å². The van der Waals surface area contributed by atoms with Crippen molar-refractivity contribution in [2.75, 3.05) is 7.05 Å². The van der Waals surface area contributed by atoms with Crippen molar-refractivity contribution in [3.63, 3.8) is 0 Å². The number of H-pyrrole nitrogens is 1. The van der Waals surface area contributed by atoms with Gasteiger partial charge in [-0.25, -0.2) is 4.98 Å². The lowest BCUT2D eigenvalue weighted by atomic mass is 10.1. The fourth-order valence-electron chi connectivity index (χ4n) is 2.68. The first kappa shape index (κ1) is 17.2. The van der Waals surface area contributed by atoms with E-state index in [0.29, 0.717) is 35.4 Å². The number of hydrogen-bond acceptors (Lipinski definition) is 3. The van der Waals surface area contributed by atoms with E-state index < -0.39 is 11.7 Å². The molecule has 0 atom stereocenters. The maximum absolute atomic E-state index is 12.8. The maximum atomic E-state index is 12.8. The number of hydrogen-bond donors (Lipinski definition) is 1. The van der Waals surface area contributed by atoms with Gasteiger partial charge in [0.15, 0.2) is 0 Å². The summed E-state index contributed by atoms with van der Waals surface area (Å²) in [6, 6.07) is 12.2. The molecule has 25 heavy (non-hydrogen) atoms. The quantitative estimate of drug-likeness (QED) is 0.785. The summed E-state index contributed by atoms with van der Waals surface area (Å²) in [5, 5.41) is 0.506. The standard InChI is InChI=1S/C18H16F3N3O/c1-24(10-12-5-4-6-13(9-12)18(19,20)21)11-16-22-15-8-3-2-7-14(15)17(25)23-16/h2-9H,10-11H2,1H3,(H,22,23,25). The molecule has 0 bridgehead atoms. The monoisotopic (exact) mass is 347 g/mol. The van der Waals surface area contributed by atoms with Gasteiger partial charge in [-0.1, -0.05) is 30.3 Å². The van der Waals surface area contributed by atoms with Crippen LogP contribution in [0, 0.1) is 0 Å². The van der Waals surface area contributed by atoms with Crippen LogP contribution in [0.3, 0.4) is 0 Å². The van der Waals surface area contributed by atoms with E-state index in [-0.39, 0.29) is 5.56 Å². The molecule has 0 saturated heterocycles. The highest BCUT2D eigenvalue weighted by atomic mass is 19.4. The molecule has 0 radical (unpaired) electrons. The van der Waals surface area contributed by atoms with Crippen molar-refractivity contribution in [3.05, 3.63) is 75.8 Å². The van der Waals surface area contributed by atoms with Crippen LogP contribution >= 0.6 is 0 Å². The molecule has 2 aromatic carbocycles. The summed E-state index contributed by atoms with van der Waals surface area (Å²) in [4.78, 5) is 21.0. The van der Waals surface area contributed by atoms with Crippen LogP contribution in [-0.2, 0) is 19.3 Å². The number of fused-ring (bicyclic) bond motifs is 1. The Hall–Kier alpha value is -2.67. The molecule has 3 rings (SSSR count). The van der Waals surface area contributed by atoms with Gasteiger partial charge in [-0.05, 0) is 30.8 Å². The SMILES string of the molecule is CN(Cc1cccc(C(F)(F)F)c1)Cc1nc2ccccc2c(=O)[nH]1. The van der Waals surface area contributed by atoms with Gasteiger partial charge in [0.1, 0.15) is 5.82 Å². The smallest absolute Gasteiger partial charge is 0.309 e. The second-order valence-electron chi connectivity index (χ2n) is 5.90. The van der Waals surface area contributed by atoms with Gasteiger partial charge in [0.05, 0.1) is 23.0 Å². The molecule has 0 spiro atoms. The van der Waals surface area contributed by atoms with E-state index in [2.05, 4.69) is 9.97 Å². The van der Waals surface area contributed by atoms with Gasteiger partial charge in [-0.3, -0.25) is 9.69 Å². The van der Waals surface area contributed by atoms with E-state index in [1.54, 1.807) is 42.3 Å². The molecule has 0 saturated carbocycles. The van der Waals surface area contributed by atoms with Crippen LogP contribution in [-0.4, -0.2) is 21.9 Å². The number of alkyl halides is 3. The highest BCUT2D eigenvalue weighted by Crippen LogP contribution is 2.29. The van der Waals surface area contributed by atoms with E-state index in [1.165, 1.54) is 6.07 Å². The first-order valence-corrected chi connectivity index (χ1v) is 7.65. The zero-order chi connectivity index (χ0) is 18.0. The average molecular weight is 347 g/mol. The van der Waals surface area contributed by atoms with Crippen LogP contribution in [0.5, 0.6) is 0 Å². The maximum Gasteiger partial charge on any atom is 0.416 e. The van der Waals surface area contributed by atoms with Crippen molar-refractivity contribution in [1.29, 1.82) is 0 Å². The van der Waals surface area contributed by atoms with Gasteiger partial charge in [0, 0.05) is 6.54 Å². The molecule has 1 N–H and O–H groups in total. The minimum Gasteiger partial charge on any atom is -0.309 e. The molecular weight excluding hydrogens is 331 g/mol. The Balaban J connectivity index is 1.77. The molecule has 0 aliphatic carbocycles. The molecule has 4 nitrogen and oxygen atoms in total. The predicted octanol–water partition coefficient (Wildman–Crippen LogP) is 3.57. The number of nitrogens with zero attached hydrogens (tertiary/aromatic N) is 2. The first-order chi connectivity index (χ1) is 11.8. The number of benzene rings is 2. The fraction of sp³-hybridized carbons (Fsp3) is 0.222. The Bertz CT molecular complexity index is 950. The van der Waals surface area contributed by atoms with Crippen molar-refractivity contribution < 1.29 is 13.2 Å². The zero-order valence-electron chi connectivity index (χ0n) is 13.5.